The molecule has 3 nitrogen and oxygen atoms in total. The van der Waals surface area contributed by atoms with Gasteiger partial charge in [-0.25, -0.2) is 4.99 Å². The van der Waals surface area contributed by atoms with Crippen molar-refractivity contribution < 1.29 is 0 Å². The fraction of sp³-hybridized carbons (Fsp3) is 0.308. The van der Waals surface area contributed by atoms with Crippen LogP contribution in [0.2, 0.25) is 0 Å². The SMILES string of the molecule is NC(=NC=Cc1ccccc1)N1CCCC1. The largest absolute Gasteiger partial charge is 0.370 e. The third kappa shape index (κ3) is 2.86. The zero-order valence-corrected chi connectivity index (χ0v) is 9.34. The predicted octanol–water partition coefficient (Wildman–Crippen LogP) is 2.07. The van der Waals surface area contributed by atoms with Crippen molar-refractivity contribution in [2.75, 3.05) is 13.1 Å². The van der Waals surface area contributed by atoms with Gasteiger partial charge in [-0.2, -0.15) is 0 Å². The lowest BCUT2D eigenvalue weighted by Crippen LogP contribution is -2.34. The van der Waals surface area contributed by atoms with E-state index >= 15 is 0 Å². The zero-order valence-electron chi connectivity index (χ0n) is 9.34. The summed E-state index contributed by atoms with van der Waals surface area (Å²) in [5, 5.41) is 0. The molecule has 0 bridgehead atoms. The van der Waals surface area contributed by atoms with E-state index in [2.05, 4.69) is 9.89 Å². The summed E-state index contributed by atoms with van der Waals surface area (Å²) in [6, 6.07) is 10.1. The molecule has 0 aliphatic carbocycles. The molecule has 0 radical (unpaired) electrons. The van der Waals surface area contributed by atoms with E-state index in [4.69, 9.17) is 5.73 Å². The average Bonchev–Trinajstić information content (AvgIpc) is 2.84. The second kappa shape index (κ2) is 5.35. The molecule has 2 rings (SSSR count). The van der Waals surface area contributed by atoms with Crippen LogP contribution in [0.5, 0.6) is 0 Å². The number of hydrogen-bond donors (Lipinski definition) is 1. The van der Waals surface area contributed by atoms with E-state index in [0.717, 1.165) is 18.7 Å². The summed E-state index contributed by atoms with van der Waals surface area (Å²) < 4.78 is 0. The van der Waals surface area contributed by atoms with E-state index < -0.39 is 0 Å². The molecule has 1 fully saturated rings. The van der Waals surface area contributed by atoms with Crippen LogP contribution in [0.25, 0.3) is 6.08 Å². The molecular formula is C13H17N3. The molecule has 1 aromatic rings. The highest BCUT2D eigenvalue weighted by Crippen LogP contribution is 2.06. The summed E-state index contributed by atoms with van der Waals surface area (Å²) in [7, 11) is 0. The maximum absolute atomic E-state index is 5.87. The Balaban J connectivity index is 1.95. The lowest BCUT2D eigenvalue weighted by molar-refractivity contribution is 0.513. The van der Waals surface area contributed by atoms with E-state index in [0.29, 0.717) is 5.96 Å². The standard InChI is InChI=1S/C13H17N3/c14-13(16-10-4-5-11-16)15-9-8-12-6-2-1-3-7-12/h1-3,6-9H,4-5,10-11H2,(H2,14,15). The van der Waals surface area contributed by atoms with E-state index in [9.17, 15) is 0 Å². The monoisotopic (exact) mass is 215 g/mol. The summed E-state index contributed by atoms with van der Waals surface area (Å²) in [6.07, 6.45) is 6.17. The summed E-state index contributed by atoms with van der Waals surface area (Å²) in [5.74, 6) is 0.629. The lowest BCUT2D eigenvalue weighted by atomic mass is 10.2. The van der Waals surface area contributed by atoms with Crippen molar-refractivity contribution in [2.45, 2.75) is 12.8 Å². The molecule has 1 aromatic carbocycles. The number of guanidine groups is 1. The van der Waals surface area contributed by atoms with Crippen LogP contribution in [0, 0.1) is 0 Å². The van der Waals surface area contributed by atoms with Gasteiger partial charge in [-0.3, -0.25) is 0 Å². The third-order valence-electron chi connectivity index (χ3n) is 2.70. The molecule has 84 valence electrons. The van der Waals surface area contributed by atoms with Gasteiger partial charge in [-0.05, 0) is 24.5 Å². The quantitative estimate of drug-likeness (QED) is 0.606. The molecule has 1 aliphatic heterocycles. The van der Waals surface area contributed by atoms with Gasteiger partial charge in [0.25, 0.3) is 0 Å². The number of likely N-dealkylation sites (tertiary alicyclic amines) is 1. The fourth-order valence-electron chi connectivity index (χ4n) is 1.79. The Morgan fingerprint density at radius 1 is 1.19 bits per heavy atom. The van der Waals surface area contributed by atoms with Crippen LogP contribution < -0.4 is 5.73 Å². The van der Waals surface area contributed by atoms with Crippen LogP contribution in [0.4, 0.5) is 0 Å². The highest BCUT2D eigenvalue weighted by Gasteiger charge is 2.12. The number of hydrogen-bond acceptors (Lipinski definition) is 1. The maximum Gasteiger partial charge on any atom is 0.195 e. The molecule has 0 aromatic heterocycles. The topological polar surface area (TPSA) is 41.6 Å². The van der Waals surface area contributed by atoms with Crippen molar-refractivity contribution in [3.05, 3.63) is 42.1 Å². The third-order valence-corrected chi connectivity index (χ3v) is 2.70. The maximum atomic E-state index is 5.87. The Kier molecular flexibility index (Phi) is 3.59. The molecule has 1 heterocycles. The first kappa shape index (κ1) is 10.7. The van der Waals surface area contributed by atoms with Crippen molar-refractivity contribution in [1.29, 1.82) is 0 Å². The molecule has 0 atom stereocenters. The van der Waals surface area contributed by atoms with Gasteiger partial charge in [0.05, 0.1) is 0 Å². The molecule has 0 saturated carbocycles. The summed E-state index contributed by atoms with van der Waals surface area (Å²) >= 11 is 0. The van der Waals surface area contributed by atoms with Gasteiger partial charge in [0.15, 0.2) is 5.96 Å². The molecule has 2 N–H and O–H groups in total. The van der Waals surface area contributed by atoms with Crippen molar-refractivity contribution in [1.82, 2.24) is 4.90 Å². The first-order valence-electron chi connectivity index (χ1n) is 5.66. The molecule has 3 heteroatoms. The fourth-order valence-corrected chi connectivity index (χ4v) is 1.79. The number of rotatable bonds is 2. The van der Waals surface area contributed by atoms with Crippen LogP contribution in [-0.4, -0.2) is 23.9 Å². The average molecular weight is 215 g/mol. The minimum absolute atomic E-state index is 0.629. The van der Waals surface area contributed by atoms with Crippen LogP contribution in [-0.2, 0) is 0 Å². The summed E-state index contributed by atoms with van der Waals surface area (Å²) in [4.78, 5) is 6.36. The van der Waals surface area contributed by atoms with Gasteiger partial charge in [0.2, 0.25) is 0 Å². The molecule has 0 amide bonds. The Morgan fingerprint density at radius 2 is 1.88 bits per heavy atom. The number of benzene rings is 1. The van der Waals surface area contributed by atoms with Gasteiger partial charge < -0.3 is 10.6 Å². The van der Waals surface area contributed by atoms with Gasteiger partial charge in [0, 0.05) is 19.3 Å². The van der Waals surface area contributed by atoms with Crippen LogP contribution >= 0.6 is 0 Å². The lowest BCUT2D eigenvalue weighted by Gasteiger charge is -2.14. The smallest absolute Gasteiger partial charge is 0.195 e. The molecule has 16 heavy (non-hydrogen) atoms. The second-order valence-electron chi connectivity index (χ2n) is 3.91. The summed E-state index contributed by atoms with van der Waals surface area (Å²) in [6.45, 7) is 2.07. The van der Waals surface area contributed by atoms with Crippen molar-refractivity contribution >= 4 is 12.0 Å². The summed E-state index contributed by atoms with van der Waals surface area (Å²) in [5.41, 5.74) is 7.01. The van der Waals surface area contributed by atoms with E-state index in [1.165, 1.54) is 12.8 Å². The zero-order chi connectivity index (χ0) is 11.2. The Hall–Kier alpha value is -1.77. The molecular weight excluding hydrogens is 198 g/mol. The highest BCUT2D eigenvalue weighted by atomic mass is 15.3. The Bertz CT molecular complexity index is 375. The first-order chi connectivity index (χ1) is 7.86. The molecule has 1 aliphatic rings. The normalized spacial score (nSPS) is 17.2. The number of nitrogens with two attached hydrogens (primary N) is 1. The van der Waals surface area contributed by atoms with E-state index in [1.807, 2.05) is 36.4 Å². The molecule has 0 unspecified atom stereocenters. The number of nitrogens with zero attached hydrogens (tertiary/aromatic N) is 2. The molecule has 1 saturated heterocycles. The van der Waals surface area contributed by atoms with Crippen molar-refractivity contribution in [2.24, 2.45) is 10.7 Å². The van der Waals surface area contributed by atoms with Crippen LogP contribution in [0.15, 0.2) is 41.5 Å². The van der Waals surface area contributed by atoms with Crippen molar-refractivity contribution in [3.8, 4) is 0 Å². The van der Waals surface area contributed by atoms with Gasteiger partial charge >= 0.3 is 0 Å². The molecule has 0 spiro atoms. The van der Waals surface area contributed by atoms with Crippen LogP contribution in [0.1, 0.15) is 18.4 Å². The Morgan fingerprint density at radius 3 is 2.56 bits per heavy atom. The predicted molar refractivity (Wildman–Crippen MR) is 67.9 cm³/mol. The second-order valence-corrected chi connectivity index (χ2v) is 3.91. The van der Waals surface area contributed by atoms with Gasteiger partial charge in [-0.1, -0.05) is 30.3 Å². The van der Waals surface area contributed by atoms with E-state index in [1.54, 1.807) is 6.20 Å². The highest BCUT2D eigenvalue weighted by molar-refractivity contribution is 5.79. The van der Waals surface area contributed by atoms with Crippen LogP contribution in [0.3, 0.4) is 0 Å². The van der Waals surface area contributed by atoms with Gasteiger partial charge in [0.1, 0.15) is 0 Å². The minimum atomic E-state index is 0.629. The van der Waals surface area contributed by atoms with Gasteiger partial charge in [-0.15, -0.1) is 0 Å². The van der Waals surface area contributed by atoms with Crippen molar-refractivity contribution in [3.63, 3.8) is 0 Å². The first-order valence-corrected chi connectivity index (χ1v) is 5.66. The number of aliphatic imine (C=N–C) groups is 1. The minimum Gasteiger partial charge on any atom is -0.370 e. The Labute approximate surface area is 96.3 Å². The van der Waals surface area contributed by atoms with E-state index in [-0.39, 0.29) is 0 Å².